The van der Waals surface area contributed by atoms with E-state index < -0.39 is 41.4 Å². The molecule has 4 unspecified atom stereocenters. The van der Waals surface area contributed by atoms with E-state index in [0.717, 1.165) is 11.1 Å². The number of esters is 1. The molecular weight excluding hydrogens is 665 g/mol. The fraction of sp³-hybridized carbons (Fsp3) is 0.500. The van der Waals surface area contributed by atoms with E-state index >= 15 is 0 Å². The molecule has 2 aromatic rings. The minimum absolute atomic E-state index is 0.124. The molecule has 0 spiro atoms. The Morgan fingerprint density at radius 2 is 1.61 bits per heavy atom. The second-order valence-corrected chi connectivity index (χ2v) is 14.7. The van der Waals surface area contributed by atoms with E-state index in [-0.39, 0.29) is 43.0 Å². The number of nitrogens with one attached hydrogen (secondary N) is 3. The first-order valence-corrected chi connectivity index (χ1v) is 18.1. The van der Waals surface area contributed by atoms with Crippen LogP contribution in [-0.4, -0.2) is 80.9 Å². The molecule has 4 atom stereocenters. The van der Waals surface area contributed by atoms with Crippen LogP contribution in [0.2, 0.25) is 0 Å². The Balaban J connectivity index is 1.48. The van der Waals surface area contributed by atoms with Crippen molar-refractivity contribution in [3.63, 3.8) is 0 Å². The molecule has 4 amide bonds. The number of rotatable bonds is 12. The van der Waals surface area contributed by atoms with E-state index in [1.165, 1.54) is 16.7 Å². The van der Waals surface area contributed by atoms with Gasteiger partial charge in [0.2, 0.25) is 28.0 Å². The topological polar surface area (TPSA) is 143 Å². The molecule has 49 heavy (non-hydrogen) atoms. The lowest BCUT2D eigenvalue weighted by Gasteiger charge is -2.35. The number of thioether (sulfide) groups is 1. The molecule has 2 saturated heterocycles. The van der Waals surface area contributed by atoms with Gasteiger partial charge in [0.05, 0.1) is 6.61 Å². The fourth-order valence-corrected chi connectivity index (χ4v) is 7.35. The van der Waals surface area contributed by atoms with Crippen molar-refractivity contribution in [2.45, 2.75) is 101 Å². The second-order valence-electron chi connectivity index (χ2n) is 12.8. The zero-order valence-corrected chi connectivity index (χ0v) is 29.9. The molecule has 2 heterocycles. The van der Waals surface area contributed by atoms with Gasteiger partial charge in [-0.1, -0.05) is 72.4 Å². The van der Waals surface area contributed by atoms with Crippen LogP contribution in [0.5, 0.6) is 0 Å². The first kappa shape index (κ1) is 37.8. The highest BCUT2D eigenvalue weighted by molar-refractivity contribution is 8.23. The predicted octanol–water partition coefficient (Wildman–Crippen LogP) is 3.83. The van der Waals surface area contributed by atoms with Crippen LogP contribution in [0, 0.1) is 0 Å². The highest BCUT2D eigenvalue weighted by Gasteiger charge is 2.42. The molecule has 2 fully saturated rings. The van der Waals surface area contributed by atoms with Gasteiger partial charge in [-0.3, -0.25) is 24.0 Å². The van der Waals surface area contributed by atoms with Crippen LogP contribution >= 0.6 is 24.0 Å². The Morgan fingerprint density at radius 1 is 0.939 bits per heavy atom. The van der Waals surface area contributed by atoms with E-state index in [0.29, 0.717) is 43.2 Å². The van der Waals surface area contributed by atoms with Crippen LogP contribution in [0.15, 0.2) is 60.7 Å². The van der Waals surface area contributed by atoms with E-state index in [1.807, 2.05) is 67.6 Å². The van der Waals surface area contributed by atoms with Gasteiger partial charge in [0.1, 0.15) is 30.3 Å². The van der Waals surface area contributed by atoms with Crippen molar-refractivity contribution < 1.29 is 33.4 Å². The minimum Gasteiger partial charge on any atom is -0.479 e. The summed E-state index contributed by atoms with van der Waals surface area (Å²) in [5.74, 6) is -2.16. The molecule has 264 valence electrons. The summed E-state index contributed by atoms with van der Waals surface area (Å²) in [6.07, 6.45) is 2.40. The third-order valence-electron chi connectivity index (χ3n) is 8.58. The number of hydrogen-bond donors (Lipinski definition) is 3. The maximum Gasteiger partial charge on any atom is 0.306 e. The summed E-state index contributed by atoms with van der Waals surface area (Å²) < 4.78 is 11.3. The lowest BCUT2D eigenvalue weighted by Crippen LogP contribution is -2.64. The highest BCUT2D eigenvalue weighted by atomic mass is 32.2. The largest absolute Gasteiger partial charge is 0.479 e. The van der Waals surface area contributed by atoms with Crippen molar-refractivity contribution in [3.8, 4) is 0 Å². The molecule has 11 nitrogen and oxygen atoms in total. The number of thiocarbonyl (C=S) groups is 1. The summed E-state index contributed by atoms with van der Waals surface area (Å²) in [4.78, 5) is 69.1. The Kier molecular flexibility index (Phi) is 14.0. The molecule has 4 rings (SSSR count). The van der Waals surface area contributed by atoms with Gasteiger partial charge in [-0.25, -0.2) is 0 Å². The molecule has 2 aliphatic heterocycles. The normalized spacial score (nSPS) is 21.6. The molecule has 0 aliphatic carbocycles. The second kappa shape index (κ2) is 18.1. The van der Waals surface area contributed by atoms with E-state index in [9.17, 15) is 24.0 Å². The predicted molar refractivity (Wildman–Crippen MR) is 191 cm³/mol. The van der Waals surface area contributed by atoms with Crippen LogP contribution < -0.4 is 16.0 Å². The Bertz CT molecular complexity index is 1470. The van der Waals surface area contributed by atoms with Crippen molar-refractivity contribution in [3.05, 3.63) is 71.8 Å². The van der Waals surface area contributed by atoms with E-state index in [2.05, 4.69) is 16.0 Å². The summed E-state index contributed by atoms with van der Waals surface area (Å²) in [6, 6.07) is 16.0. The maximum atomic E-state index is 13.9. The number of carbonyl (C=O) groups excluding carboxylic acids is 5. The summed E-state index contributed by atoms with van der Waals surface area (Å²) in [6.45, 7) is 5.87. The summed E-state index contributed by atoms with van der Waals surface area (Å²) in [5, 5.41) is 8.33. The number of ether oxygens (including phenoxy) is 2. The number of nitrogens with zero attached hydrogens (tertiary/aromatic N) is 1. The monoisotopic (exact) mass is 710 g/mol. The molecule has 0 aromatic heterocycles. The van der Waals surface area contributed by atoms with Crippen molar-refractivity contribution in [1.82, 2.24) is 20.9 Å². The van der Waals surface area contributed by atoms with Crippen LogP contribution in [0.4, 0.5) is 0 Å². The zero-order chi connectivity index (χ0) is 35.4. The van der Waals surface area contributed by atoms with Crippen LogP contribution in [0.1, 0.15) is 70.4 Å². The number of amides is 4. The number of fused-ring (bicyclic) bond motifs is 1. The quantitative estimate of drug-likeness (QED) is 0.221. The summed E-state index contributed by atoms with van der Waals surface area (Å²) in [5.41, 5.74) is 0.344. The SMILES string of the molecule is CCOC(=S)SC(CCC(=O)OCc1ccccc1)CCC1NC(=O)C2CCCN2C(=O)C(Cc2ccccc2)NC(=O)C(C)(C)NC1=O. The van der Waals surface area contributed by atoms with E-state index in [1.54, 1.807) is 13.8 Å². The molecule has 2 aliphatic rings. The first-order chi connectivity index (χ1) is 23.5. The van der Waals surface area contributed by atoms with Gasteiger partial charge in [0, 0.05) is 24.6 Å². The van der Waals surface area contributed by atoms with Gasteiger partial charge < -0.3 is 30.3 Å². The number of hydrogen-bond acceptors (Lipinski definition) is 9. The molecule has 0 bridgehead atoms. The Labute approximate surface area is 297 Å². The average molecular weight is 711 g/mol. The van der Waals surface area contributed by atoms with Crippen molar-refractivity contribution in [1.29, 1.82) is 0 Å². The molecule has 2 aromatic carbocycles. The Hall–Kier alpha value is -3.97. The van der Waals surface area contributed by atoms with Crippen molar-refractivity contribution in [2.75, 3.05) is 13.2 Å². The highest BCUT2D eigenvalue weighted by Crippen LogP contribution is 2.26. The van der Waals surface area contributed by atoms with Gasteiger partial charge in [0.25, 0.3) is 0 Å². The zero-order valence-electron chi connectivity index (χ0n) is 28.3. The van der Waals surface area contributed by atoms with Gasteiger partial charge in [-0.15, -0.1) is 0 Å². The van der Waals surface area contributed by atoms with Crippen LogP contribution in [0.25, 0.3) is 0 Å². The van der Waals surface area contributed by atoms with Gasteiger partial charge in [-0.2, -0.15) is 0 Å². The average Bonchev–Trinajstić information content (AvgIpc) is 3.58. The lowest BCUT2D eigenvalue weighted by molar-refractivity contribution is -0.145. The number of benzene rings is 2. The van der Waals surface area contributed by atoms with Gasteiger partial charge in [0.15, 0.2) is 0 Å². The molecule has 13 heteroatoms. The van der Waals surface area contributed by atoms with Gasteiger partial charge in [-0.05, 0) is 76.2 Å². The van der Waals surface area contributed by atoms with Crippen LogP contribution in [-0.2, 0) is 46.5 Å². The number of carbonyl (C=O) groups is 5. The third-order valence-corrected chi connectivity index (χ3v) is 10.1. The molecular formula is C36H46N4O7S2. The molecule has 0 saturated carbocycles. The summed E-state index contributed by atoms with van der Waals surface area (Å²) >= 11 is 6.68. The maximum absolute atomic E-state index is 13.9. The van der Waals surface area contributed by atoms with Crippen LogP contribution in [0.3, 0.4) is 0 Å². The summed E-state index contributed by atoms with van der Waals surface area (Å²) in [7, 11) is 0. The minimum atomic E-state index is -1.40. The van der Waals surface area contributed by atoms with Crippen molar-refractivity contribution in [2.24, 2.45) is 0 Å². The third kappa shape index (κ3) is 11.3. The molecule has 3 N–H and O–H groups in total. The fourth-order valence-electron chi connectivity index (χ4n) is 5.87. The standard InChI is InChI=1S/C36H46N4O7S2/c1-4-46-35(48)49-26(18-20-30(41)47-23-25-14-9-6-10-15-25)17-19-27-31(42)39-36(2,3)34(45)38-28(22-24-12-7-5-8-13-24)33(44)40-21-11-16-29(40)32(43)37-27/h5-10,12-15,26-29H,4,11,16-23H2,1-3H3,(H,37,43)(H,38,45)(H,39,42). The van der Waals surface area contributed by atoms with Crippen molar-refractivity contribution >= 4 is 58.0 Å². The lowest BCUT2D eigenvalue weighted by atomic mass is 9.98. The first-order valence-electron chi connectivity index (χ1n) is 16.8. The molecule has 0 radical (unpaired) electrons. The smallest absolute Gasteiger partial charge is 0.306 e. The Morgan fingerprint density at radius 3 is 2.29 bits per heavy atom. The van der Waals surface area contributed by atoms with Gasteiger partial charge >= 0.3 is 5.97 Å². The van der Waals surface area contributed by atoms with E-state index in [4.69, 9.17) is 21.7 Å².